The van der Waals surface area contributed by atoms with Gasteiger partial charge in [-0.3, -0.25) is 20.1 Å². The topological polar surface area (TPSA) is 176 Å². The highest BCUT2D eigenvalue weighted by atomic mass is 16.6. The van der Waals surface area contributed by atoms with Gasteiger partial charge in [-0.25, -0.2) is 9.80 Å². The predicted molar refractivity (Wildman–Crippen MR) is 85.0 cm³/mol. The Hall–Kier alpha value is -3.77. The van der Waals surface area contributed by atoms with Crippen LogP contribution in [0.4, 0.5) is 11.5 Å². The zero-order chi connectivity index (χ0) is 19.3. The van der Waals surface area contributed by atoms with Crippen LogP contribution in [0.1, 0.15) is 40.7 Å². The van der Waals surface area contributed by atoms with E-state index in [1.165, 1.54) is 0 Å². The highest BCUT2D eigenvalue weighted by Gasteiger charge is 2.27. The molecule has 0 aliphatic carbocycles. The Labute approximate surface area is 145 Å². The van der Waals surface area contributed by atoms with E-state index in [4.69, 9.17) is 0 Å². The van der Waals surface area contributed by atoms with Crippen LogP contribution in [0.2, 0.25) is 0 Å². The first-order chi connectivity index (χ1) is 12.4. The molecule has 0 saturated heterocycles. The molecule has 3 N–H and O–H groups in total. The highest BCUT2D eigenvalue weighted by molar-refractivity contribution is 6.04. The first kappa shape index (κ1) is 18.6. The van der Waals surface area contributed by atoms with E-state index >= 15 is 0 Å². The first-order valence-corrected chi connectivity index (χ1v) is 7.34. The van der Waals surface area contributed by atoms with Crippen molar-refractivity contribution in [2.75, 3.05) is 12.1 Å². The molecule has 0 radical (unpaired) electrons. The number of esters is 1. The van der Waals surface area contributed by atoms with Crippen LogP contribution in [0, 0.1) is 10.1 Å². The van der Waals surface area contributed by atoms with E-state index in [1.807, 2.05) is 0 Å². The maximum atomic E-state index is 12.4. The molecule has 0 saturated carbocycles. The van der Waals surface area contributed by atoms with Crippen molar-refractivity contribution in [3.63, 3.8) is 0 Å². The van der Waals surface area contributed by atoms with E-state index in [0.717, 1.165) is 24.4 Å². The molecule has 13 heteroatoms. The number of ether oxygens (including phenoxy) is 1. The number of carbonyl (C=O) groups excluding carboxylic acids is 3. The molecule has 26 heavy (non-hydrogen) atoms. The van der Waals surface area contributed by atoms with Gasteiger partial charge < -0.3 is 14.9 Å². The van der Waals surface area contributed by atoms with Gasteiger partial charge in [-0.05, 0) is 11.3 Å². The van der Waals surface area contributed by atoms with Gasteiger partial charge in [-0.15, -0.1) is 5.10 Å². The minimum atomic E-state index is -0.893. The Morgan fingerprint density at radius 3 is 2.69 bits per heavy atom. The largest absolute Gasteiger partial charge is 0.464 e. The number of nitro groups is 1. The summed E-state index contributed by atoms with van der Waals surface area (Å²) in [6.45, 7) is 1.76. The lowest BCUT2D eigenvalue weighted by Crippen LogP contribution is -2.47. The maximum Gasteiger partial charge on any atom is 0.358 e. The minimum Gasteiger partial charge on any atom is -0.464 e. The number of anilines is 1. The normalized spacial score (nSPS) is 10.2. The number of methoxy groups -OCH3 is 1. The van der Waals surface area contributed by atoms with Crippen molar-refractivity contribution in [3.8, 4) is 0 Å². The third-order valence-corrected chi connectivity index (χ3v) is 3.17. The molecule has 138 valence electrons. The van der Waals surface area contributed by atoms with Crippen LogP contribution in [0.25, 0.3) is 0 Å². The van der Waals surface area contributed by atoms with Crippen LogP contribution in [-0.4, -0.2) is 50.2 Å². The Balaban J connectivity index is 2.32. The van der Waals surface area contributed by atoms with Gasteiger partial charge in [0.1, 0.15) is 5.69 Å². The van der Waals surface area contributed by atoms with Crippen LogP contribution in [0.3, 0.4) is 0 Å². The summed E-state index contributed by atoms with van der Waals surface area (Å²) in [4.78, 5) is 46.3. The summed E-state index contributed by atoms with van der Waals surface area (Å²) < 4.78 is 4.59. The molecule has 0 unspecified atom stereocenters. The van der Waals surface area contributed by atoms with Gasteiger partial charge in [-0.2, -0.15) is 5.10 Å². The van der Waals surface area contributed by atoms with Crippen LogP contribution >= 0.6 is 0 Å². The molecule has 2 heterocycles. The van der Waals surface area contributed by atoms with Crippen LogP contribution < -0.4 is 10.4 Å². The van der Waals surface area contributed by atoms with E-state index in [0.29, 0.717) is 6.42 Å². The van der Waals surface area contributed by atoms with Crippen LogP contribution in [-0.2, 0) is 9.53 Å². The molecule has 0 spiro atoms. The van der Waals surface area contributed by atoms with E-state index in [9.17, 15) is 24.5 Å². The quantitative estimate of drug-likeness (QED) is 0.372. The molecule has 2 aromatic heterocycles. The molecule has 2 amide bonds. The highest BCUT2D eigenvalue weighted by Crippen LogP contribution is 2.19. The summed E-state index contributed by atoms with van der Waals surface area (Å²) in [5.41, 5.74) is 1.77. The number of carbonyl (C=O) groups is 3. The number of nitrogens with one attached hydrogen (secondary N) is 3. The van der Waals surface area contributed by atoms with Crippen LogP contribution in [0.15, 0.2) is 12.3 Å². The number of hydrazine groups is 1. The smallest absolute Gasteiger partial charge is 0.358 e. The molecule has 0 aliphatic heterocycles. The molecular formula is C13H15N7O6. The number of hydrogen-bond acceptors (Lipinski definition) is 8. The van der Waals surface area contributed by atoms with Crippen molar-refractivity contribution < 1.29 is 24.0 Å². The third-order valence-electron chi connectivity index (χ3n) is 3.17. The lowest BCUT2D eigenvalue weighted by atomic mass is 10.3. The zero-order valence-corrected chi connectivity index (χ0v) is 13.8. The zero-order valence-electron chi connectivity index (χ0n) is 13.8. The van der Waals surface area contributed by atoms with Crippen molar-refractivity contribution in [1.82, 2.24) is 25.8 Å². The summed E-state index contributed by atoms with van der Waals surface area (Å²) in [7, 11) is 1.15. The van der Waals surface area contributed by atoms with Gasteiger partial charge in [0.15, 0.2) is 11.4 Å². The Kier molecular flexibility index (Phi) is 5.62. The number of rotatable bonds is 6. The predicted octanol–water partition coefficient (Wildman–Crippen LogP) is 0.306. The summed E-state index contributed by atoms with van der Waals surface area (Å²) >= 11 is 0. The number of aromatic nitrogens is 4. The molecule has 13 nitrogen and oxygen atoms in total. The molecule has 2 rings (SSSR count). The van der Waals surface area contributed by atoms with Gasteiger partial charge >= 0.3 is 11.8 Å². The number of amides is 2. The average molecular weight is 365 g/mol. The van der Waals surface area contributed by atoms with Crippen LogP contribution in [0.5, 0.6) is 0 Å². The van der Waals surface area contributed by atoms with Gasteiger partial charge in [0.05, 0.1) is 19.4 Å². The number of hydrogen-bond donors (Lipinski definition) is 3. The van der Waals surface area contributed by atoms with Gasteiger partial charge in [0, 0.05) is 6.42 Å². The fourth-order valence-electron chi connectivity index (χ4n) is 1.96. The Bertz CT molecular complexity index is 842. The molecule has 2 aromatic rings. The van der Waals surface area contributed by atoms with Crippen molar-refractivity contribution in [2.45, 2.75) is 19.8 Å². The van der Waals surface area contributed by atoms with Gasteiger partial charge in [-0.1, -0.05) is 12.0 Å². The van der Waals surface area contributed by atoms with E-state index in [2.05, 4.69) is 30.6 Å². The van der Waals surface area contributed by atoms with E-state index in [1.54, 1.807) is 6.92 Å². The second-order valence-corrected chi connectivity index (χ2v) is 4.94. The molecule has 0 aliphatic rings. The average Bonchev–Trinajstić information content (AvgIpc) is 3.28. The summed E-state index contributed by atoms with van der Waals surface area (Å²) in [6, 6.07) is 0.911. The lowest BCUT2D eigenvalue weighted by Gasteiger charge is -2.21. The summed E-state index contributed by atoms with van der Waals surface area (Å²) in [5, 5.41) is 23.2. The Morgan fingerprint density at radius 2 is 2.12 bits per heavy atom. The monoisotopic (exact) mass is 365 g/mol. The third kappa shape index (κ3) is 3.82. The standard InChI is InChI=1S/C13H15N7O6/c1-3-4-10(21)19(8-6-14-17-11(8)13(23)26-2)18-12(22)7-5-9(16-15-7)20(24)25/h5-6H,3-4H2,1-2H3,(H,14,17)(H,15,16)(H,18,22). The molecule has 0 bridgehead atoms. The second-order valence-electron chi connectivity index (χ2n) is 4.94. The SMILES string of the molecule is CCCC(=O)N(NC(=O)c1cc([N+](=O)[O-])[nH]n1)c1cn[nH]c1C(=O)OC. The van der Waals surface area contributed by atoms with Crippen molar-refractivity contribution in [3.05, 3.63) is 33.8 Å². The molecule has 0 atom stereocenters. The number of nitrogens with zero attached hydrogens (tertiary/aromatic N) is 4. The summed E-state index contributed by atoms with van der Waals surface area (Å²) in [5.74, 6) is -2.70. The second kappa shape index (κ2) is 7.87. The van der Waals surface area contributed by atoms with Crippen molar-refractivity contribution in [2.24, 2.45) is 0 Å². The molecule has 0 fully saturated rings. The Morgan fingerprint density at radius 1 is 1.38 bits per heavy atom. The van der Waals surface area contributed by atoms with E-state index in [-0.39, 0.29) is 23.5 Å². The summed E-state index contributed by atoms with van der Waals surface area (Å²) in [6.07, 6.45) is 1.70. The first-order valence-electron chi connectivity index (χ1n) is 7.34. The molecule has 0 aromatic carbocycles. The number of aromatic amines is 2. The molecular weight excluding hydrogens is 350 g/mol. The van der Waals surface area contributed by atoms with E-state index < -0.39 is 28.5 Å². The minimum absolute atomic E-state index is 0.0336. The fraction of sp³-hybridized carbons (Fsp3) is 0.308. The van der Waals surface area contributed by atoms with Crippen molar-refractivity contribution in [1.29, 1.82) is 0 Å². The van der Waals surface area contributed by atoms with Gasteiger partial charge in [0.2, 0.25) is 5.91 Å². The van der Waals surface area contributed by atoms with Crippen molar-refractivity contribution >= 4 is 29.3 Å². The number of H-pyrrole nitrogens is 2. The maximum absolute atomic E-state index is 12.4. The van der Waals surface area contributed by atoms with Gasteiger partial charge in [0.25, 0.3) is 5.91 Å². The fourth-order valence-corrected chi connectivity index (χ4v) is 1.96. The lowest BCUT2D eigenvalue weighted by molar-refractivity contribution is -0.389.